The number of hydrogen-bond donors (Lipinski definition) is 2. The van der Waals surface area contributed by atoms with Crippen LogP contribution in [0.4, 0.5) is 16.2 Å². The van der Waals surface area contributed by atoms with Gasteiger partial charge < -0.3 is 10.1 Å². The fraction of sp³-hybridized carbons (Fsp3) is 0.222. The predicted molar refractivity (Wildman–Crippen MR) is 98.4 cm³/mol. The van der Waals surface area contributed by atoms with Crippen molar-refractivity contribution in [2.45, 2.75) is 26.4 Å². The van der Waals surface area contributed by atoms with E-state index in [2.05, 4.69) is 26.6 Å². The molecule has 0 aliphatic heterocycles. The normalized spacial score (nSPS) is 10.8. The molecule has 24 heavy (non-hydrogen) atoms. The third kappa shape index (κ3) is 5.70. The molecule has 0 unspecified atom stereocenters. The topological polar surface area (TPSA) is 67.4 Å². The highest BCUT2D eigenvalue weighted by Crippen LogP contribution is 2.17. The summed E-state index contributed by atoms with van der Waals surface area (Å²) in [5, 5.41) is 5.43. The number of nitrogens with one attached hydrogen (secondary N) is 2. The Bertz CT molecular complexity index is 737. The number of ether oxygens (including phenoxy) is 1. The average Bonchev–Trinajstić information content (AvgIpc) is 2.45. The molecule has 2 aromatic carbocycles. The third-order valence-corrected chi connectivity index (χ3v) is 3.37. The molecule has 0 spiro atoms. The Hall–Kier alpha value is -2.34. The molecule has 0 bridgehead atoms. The monoisotopic (exact) mass is 390 g/mol. The van der Waals surface area contributed by atoms with Crippen LogP contribution in [0, 0.1) is 0 Å². The lowest BCUT2D eigenvalue weighted by Gasteiger charge is -2.19. The molecular formula is C18H19BrN2O3. The van der Waals surface area contributed by atoms with Crippen LogP contribution >= 0.6 is 15.9 Å². The second kappa shape index (κ2) is 7.49. The van der Waals surface area contributed by atoms with Crippen molar-refractivity contribution in [2.75, 3.05) is 10.6 Å². The van der Waals surface area contributed by atoms with Crippen LogP contribution in [0.25, 0.3) is 0 Å². The van der Waals surface area contributed by atoms with Crippen molar-refractivity contribution >= 4 is 39.3 Å². The van der Waals surface area contributed by atoms with Crippen LogP contribution in [-0.2, 0) is 4.74 Å². The number of amides is 2. The summed E-state index contributed by atoms with van der Waals surface area (Å²) >= 11 is 3.36. The summed E-state index contributed by atoms with van der Waals surface area (Å²) in [7, 11) is 0. The molecule has 0 fully saturated rings. The highest BCUT2D eigenvalue weighted by molar-refractivity contribution is 9.10. The van der Waals surface area contributed by atoms with E-state index in [4.69, 9.17) is 4.74 Å². The van der Waals surface area contributed by atoms with Crippen molar-refractivity contribution in [1.29, 1.82) is 0 Å². The Balaban J connectivity index is 1.98. The zero-order valence-electron chi connectivity index (χ0n) is 13.7. The molecule has 2 aromatic rings. The molecular weight excluding hydrogens is 372 g/mol. The van der Waals surface area contributed by atoms with Gasteiger partial charge in [0.1, 0.15) is 5.60 Å². The lowest BCUT2D eigenvalue weighted by atomic mass is 10.2. The first kappa shape index (κ1) is 18.0. The van der Waals surface area contributed by atoms with Gasteiger partial charge in [-0.15, -0.1) is 0 Å². The number of halogens is 1. The van der Waals surface area contributed by atoms with Gasteiger partial charge in [0.05, 0.1) is 0 Å². The van der Waals surface area contributed by atoms with Gasteiger partial charge in [-0.1, -0.05) is 22.0 Å². The SMILES string of the molecule is CC(C)(C)OC(=O)Nc1ccc(C(=O)Nc2cccc(Br)c2)cc1. The lowest BCUT2D eigenvalue weighted by Crippen LogP contribution is -2.27. The van der Waals surface area contributed by atoms with Crippen molar-refractivity contribution in [3.8, 4) is 0 Å². The van der Waals surface area contributed by atoms with E-state index in [9.17, 15) is 9.59 Å². The second-order valence-electron chi connectivity index (χ2n) is 6.17. The summed E-state index contributed by atoms with van der Waals surface area (Å²) in [5.74, 6) is -0.225. The Kier molecular flexibility index (Phi) is 5.62. The molecule has 0 saturated heterocycles. The third-order valence-electron chi connectivity index (χ3n) is 2.87. The molecule has 0 saturated carbocycles. The van der Waals surface area contributed by atoms with Crippen molar-refractivity contribution in [3.63, 3.8) is 0 Å². The van der Waals surface area contributed by atoms with Crippen LogP contribution in [0.3, 0.4) is 0 Å². The highest BCUT2D eigenvalue weighted by atomic mass is 79.9. The van der Waals surface area contributed by atoms with Gasteiger partial charge in [-0.2, -0.15) is 0 Å². The minimum atomic E-state index is -0.562. The van der Waals surface area contributed by atoms with E-state index in [1.807, 2.05) is 18.2 Å². The van der Waals surface area contributed by atoms with Gasteiger partial charge in [0, 0.05) is 21.4 Å². The molecule has 0 atom stereocenters. The van der Waals surface area contributed by atoms with Gasteiger partial charge in [0.2, 0.25) is 0 Å². The maximum absolute atomic E-state index is 12.2. The quantitative estimate of drug-likeness (QED) is 0.770. The molecule has 126 valence electrons. The minimum absolute atomic E-state index is 0.225. The molecule has 0 aliphatic carbocycles. The molecule has 0 radical (unpaired) electrons. The Labute approximate surface area is 149 Å². The largest absolute Gasteiger partial charge is 0.444 e. The van der Waals surface area contributed by atoms with E-state index in [0.717, 1.165) is 4.47 Å². The van der Waals surface area contributed by atoms with Crippen molar-refractivity contribution in [1.82, 2.24) is 0 Å². The van der Waals surface area contributed by atoms with Gasteiger partial charge in [-0.25, -0.2) is 4.79 Å². The van der Waals surface area contributed by atoms with E-state index < -0.39 is 11.7 Å². The predicted octanol–water partition coefficient (Wildman–Crippen LogP) is 5.05. The zero-order chi connectivity index (χ0) is 17.7. The maximum atomic E-state index is 12.2. The van der Waals surface area contributed by atoms with Crippen LogP contribution in [0.2, 0.25) is 0 Å². The number of carbonyl (C=O) groups is 2. The Morgan fingerprint density at radius 3 is 2.21 bits per heavy atom. The summed E-state index contributed by atoms with van der Waals surface area (Å²) in [5.41, 5.74) is 1.19. The second-order valence-corrected chi connectivity index (χ2v) is 7.08. The van der Waals surface area contributed by atoms with Crippen LogP contribution < -0.4 is 10.6 Å². The first-order valence-corrected chi connectivity index (χ1v) is 8.19. The molecule has 5 nitrogen and oxygen atoms in total. The number of benzene rings is 2. The summed E-state index contributed by atoms with van der Waals surface area (Å²) in [6.07, 6.45) is -0.533. The van der Waals surface area contributed by atoms with E-state index in [1.165, 1.54) is 0 Å². The number of carbonyl (C=O) groups excluding carboxylic acids is 2. The molecule has 2 rings (SSSR count). The van der Waals surface area contributed by atoms with E-state index in [0.29, 0.717) is 16.9 Å². The first-order valence-electron chi connectivity index (χ1n) is 7.40. The molecule has 0 aromatic heterocycles. The first-order chi connectivity index (χ1) is 11.2. The van der Waals surface area contributed by atoms with Crippen LogP contribution in [-0.4, -0.2) is 17.6 Å². The van der Waals surface area contributed by atoms with Crippen molar-refractivity contribution < 1.29 is 14.3 Å². The molecule has 2 amide bonds. The maximum Gasteiger partial charge on any atom is 0.412 e. The standard InChI is InChI=1S/C18H19BrN2O3/c1-18(2,3)24-17(23)21-14-9-7-12(8-10-14)16(22)20-15-6-4-5-13(19)11-15/h4-11H,1-3H3,(H,20,22)(H,21,23). The van der Waals surface area contributed by atoms with Gasteiger partial charge in [0.25, 0.3) is 5.91 Å². The van der Waals surface area contributed by atoms with E-state index >= 15 is 0 Å². The van der Waals surface area contributed by atoms with Gasteiger partial charge in [0.15, 0.2) is 0 Å². The summed E-state index contributed by atoms with van der Waals surface area (Å²) in [4.78, 5) is 23.9. The molecule has 0 aliphatic rings. The van der Waals surface area contributed by atoms with Gasteiger partial charge in [-0.05, 0) is 63.2 Å². The van der Waals surface area contributed by atoms with Gasteiger partial charge >= 0.3 is 6.09 Å². The Morgan fingerprint density at radius 1 is 0.958 bits per heavy atom. The smallest absolute Gasteiger partial charge is 0.412 e. The van der Waals surface area contributed by atoms with Crippen molar-refractivity contribution in [3.05, 3.63) is 58.6 Å². The summed E-state index contributed by atoms with van der Waals surface area (Å²) < 4.78 is 6.06. The summed E-state index contributed by atoms with van der Waals surface area (Å²) in [6.45, 7) is 5.38. The highest BCUT2D eigenvalue weighted by Gasteiger charge is 2.16. The molecule has 0 heterocycles. The van der Waals surface area contributed by atoms with Crippen LogP contribution in [0.5, 0.6) is 0 Å². The van der Waals surface area contributed by atoms with E-state index in [-0.39, 0.29) is 5.91 Å². The van der Waals surface area contributed by atoms with E-state index in [1.54, 1.807) is 51.1 Å². The van der Waals surface area contributed by atoms with Crippen LogP contribution in [0.15, 0.2) is 53.0 Å². The molecule has 2 N–H and O–H groups in total. The molecule has 6 heteroatoms. The van der Waals surface area contributed by atoms with Gasteiger partial charge in [-0.3, -0.25) is 10.1 Å². The number of rotatable bonds is 3. The summed E-state index contributed by atoms with van der Waals surface area (Å²) in [6, 6.07) is 13.9. The minimum Gasteiger partial charge on any atom is -0.444 e. The zero-order valence-corrected chi connectivity index (χ0v) is 15.3. The number of anilines is 2. The number of hydrogen-bond acceptors (Lipinski definition) is 3. The Morgan fingerprint density at radius 2 is 1.62 bits per heavy atom. The lowest BCUT2D eigenvalue weighted by molar-refractivity contribution is 0.0636. The average molecular weight is 391 g/mol. The fourth-order valence-electron chi connectivity index (χ4n) is 1.90. The fourth-order valence-corrected chi connectivity index (χ4v) is 2.30. The van der Waals surface area contributed by atoms with Crippen LogP contribution in [0.1, 0.15) is 31.1 Å². The van der Waals surface area contributed by atoms with Crippen molar-refractivity contribution in [2.24, 2.45) is 0 Å².